The third-order valence-electron chi connectivity index (χ3n) is 2.42. The molecule has 0 radical (unpaired) electrons. The molecule has 1 aliphatic rings. The van der Waals surface area contributed by atoms with Crippen LogP contribution in [0.15, 0.2) is 16.1 Å². The Morgan fingerprint density at radius 2 is 2.39 bits per heavy atom. The molecule has 0 saturated heterocycles. The van der Waals surface area contributed by atoms with Crippen LogP contribution in [0.1, 0.15) is 10.4 Å². The summed E-state index contributed by atoms with van der Waals surface area (Å²) in [5.41, 5.74) is -0.447. The lowest BCUT2D eigenvalue weighted by Crippen LogP contribution is -2.36. The minimum Gasteiger partial charge on any atom is -0.468 e. The number of carbonyl (C=O) groups is 2. The zero-order valence-corrected chi connectivity index (χ0v) is 10.5. The van der Waals surface area contributed by atoms with E-state index < -0.39 is 11.9 Å². The maximum absolute atomic E-state index is 11.9. The Bertz CT molecular complexity index is 555. The van der Waals surface area contributed by atoms with Crippen LogP contribution < -0.4 is 10.9 Å². The molecule has 2 heterocycles. The highest BCUT2D eigenvalue weighted by Crippen LogP contribution is 2.20. The number of amides is 1. The van der Waals surface area contributed by atoms with Gasteiger partial charge in [0.2, 0.25) is 0 Å². The molecule has 1 N–H and O–H groups in total. The predicted molar refractivity (Wildman–Crippen MR) is 63.6 cm³/mol. The van der Waals surface area contributed by atoms with Crippen LogP contribution >= 0.6 is 11.8 Å². The van der Waals surface area contributed by atoms with E-state index in [4.69, 9.17) is 0 Å². The standard InChI is InChI=1S/C10H11N3O4S/c1-17-7(14)5-11-8(15)6-4-12-10-13(9(6)16)2-3-18-10/h4H,2-3,5H2,1H3,(H,11,15). The number of fused-ring (bicyclic) bond motifs is 1. The molecule has 18 heavy (non-hydrogen) atoms. The zero-order valence-electron chi connectivity index (χ0n) is 9.63. The Morgan fingerprint density at radius 3 is 3.11 bits per heavy atom. The summed E-state index contributed by atoms with van der Waals surface area (Å²) >= 11 is 1.47. The summed E-state index contributed by atoms with van der Waals surface area (Å²) in [5.74, 6) is -0.423. The Kier molecular flexibility index (Phi) is 3.66. The maximum Gasteiger partial charge on any atom is 0.325 e. The lowest BCUT2D eigenvalue weighted by molar-refractivity contribution is -0.139. The molecule has 7 nitrogen and oxygen atoms in total. The molecule has 2 rings (SSSR count). The highest BCUT2D eigenvalue weighted by atomic mass is 32.2. The normalized spacial score (nSPS) is 12.9. The van der Waals surface area contributed by atoms with Gasteiger partial charge in [-0.1, -0.05) is 11.8 Å². The molecule has 1 aromatic rings. The largest absolute Gasteiger partial charge is 0.468 e. The van der Waals surface area contributed by atoms with E-state index >= 15 is 0 Å². The summed E-state index contributed by atoms with van der Waals surface area (Å²) in [5, 5.41) is 2.92. The summed E-state index contributed by atoms with van der Waals surface area (Å²) in [4.78, 5) is 38.6. The van der Waals surface area contributed by atoms with E-state index in [9.17, 15) is 14.4 Å². The summed E-state index contributed by atoms with van der Waals surface area (Å²) in [6.07, 6.45) is 1.24. The van der Waals surface area contributed by atoms with Crippen molar-refractivity contribution in [1.29, 1.82) is 0 Å². The smallest absolute Gasteiger partial charge is 0.325 e. The Balaban J connectivity index is 2.17. The van der Waals surface area contributed by atoms with Crippen molar-refractivity contribution < 1.29 is 14.3 Å². The second-order valence-electron chi connectivity index (χ2n) is 3.52. The second-order valence-corrected chi connectivity index (χ2v) is 4.58. The van der Waals surface area contributed by atoms with Crippen LogP contribution in [0.25, 0.3) is 0 Å². The van der Waals surface area contributed by atoms with Crippen molar-refractivity contribution in [3.05, 3.63) is 22.1 Å². The Labute approximate surface area is 107 Å². The maximum atomic E-state index is 11.9. The molecule has 0 fully saturated rings. The van der Waals surface area contributed by atoms with Gasteiger partial charge < -0.3 is 10.1 Å². The van der Waals surface area contributed by atoms with Crippen LogP contribution in [-0.4, -0.2) is 40.8 Å². The fourth-order valence-corrected chi connectivity index (χ4v) is 2.41. The Morgan fingerprint density at radius 1 is 1.61 bits per heavy atom. The van der Waals surface area contributed by atoms with Crippen molar-refractivity contribution in [2.75, 3.05) is 19.4 Å². The third-order valence-corrected chi connectivity index (χ3v) is 3.39. The molecular formula is C10H11N3O4S. The van der Waals surface area contributed by atoms with E-state index in [1.807, 2.05) is 0 Å². The van der Waals surface area contributed by atoms with Gasteiger partial charge in [0.05, 0.1) is 7.11 Å². The van der Waals surface area contributed by atoms with E-state index in [-0.39, 0.29) is 17.7 Å². The van der Waals surface area contributed by atoms with E-state index in [1.54, 1.807) is 0 Å². The number of nitrogens with zero attached hydrogens (tertiary/aromatic N) is 2. The van der Waals surface area contributed by atoms with Crippen LogP contribution in [0.2, 0.25) is 0 Å². The fourth-order valence-electron chi connectivity index (χ4n) is 1.49. The van der Waals surface area contributed by atoms with Gasteiger partial charge in [-0.2, -0.15) is 0 Å². The molecule has 1 amide bonds. The lowest BCUT2D eigenvalue weighted by atomic mass is 10.3. The average Bonchev–Trinajstić information content (AvgIpc) is 2.85. The van der Waals surface area contributed by atoms with E-state index in [0.29, 0.717) is 11.7 Å². The highest BCUT2D eigenvalue weighted by Gasteiger charge is 2.20. The van der Waals surface area contributed by atoms with Crippen molar-refractivity contribution in [2.24, 2.45) is 0 Å². The number of carbonyl (C=O) groups excluding carboxylic acids is 2. The van der Waals surface area contributed by atoms with Gasteiger partial charge in [0.25, 0.3) is 11.5 Å². The van der Waals surface area contributed by atoms with Crippen molar-refractivity contribution in [2.45, 2.75) is 11.7 Å². The molecular weight excluding hydrogens is 258 g/mol. The minimum absolute atomic E-state index is 0.0647. The number of thioether (sulfide) groups is 1. The van der Waals surface area contributed by atoms with Gasteiger partial charge in [0.15, 0.2) is 5.16 Å². The topological polar surface area (TPSA) is 90.3 Å². The number of nitrogens with one attached hydrogen (secondary N) is 1. The lowest BCUT2D eigenvalue weighted by Gasteiger charge is -2.05. The van der Waals surface area contributed by atoms with Gasteiger partial charge in [-0.05, 0) is 0 Å². The van der Waals surface area contributed by atoms with E-state index in [2.05, 4.69) is 15.0 Å². The highest BCUT2D eigenvalue weighted by molar-refractivity contribution is 7.99. The SMILES string of the molecule is COC(=O)CNC(=O)c1cnc2n(c1=O)CCS2. The summed E-state index contributed by atoms with van der Waals surface area (Å²) in [6, 6.07) is 0. The molecule has 1 aromatic heterocycles. The molecule has 0 atom stereocenters. The number of methoxy groups -OCH3 is 1. The van der Waals surface area contributed by atoms with Crippen LogP contribution in [0.4, 0.5) is 0 Å². The summed E-state index contributed by atoms with van der Waals surface area (Å²) in [7, 11) is 1.22. The number of rotatable bonds is 3. The van der Waals surface area contributed by atoms with E-state index in [0.717, 1.165) is 5.75 Å². The number of hydrogen-bond donors (Lipinski definition) is 1. The first-order valence-corrected chi connectivity index (χ1v) is 6.19. The van der Waals surface area contributed by atoms with E-state index in [1.165, 1.54) is 29.6 Å². The molecule has 0 aromatic carbocycles. The average molecular weight is 269 g/mol. The first kappa shape index (κ1) is 12.6. The molecule has 0 aliphatic carbocycles. The fraction of sp³-hybridized carbons (Fsp3) is 0.400. The van der Waals surface area contributed by atoms with Crippen LogP contribution in [0.3, 0.4) is 0 Å². The molecule has 96 valence electrons. The molecule has 0 saturated carbocycles. The number of hydrogen-bond acceptors (Lipinski definition) is 6. The molecule has 0 bridgehead atoms. The zero-order chi connectivity index (χ0) is 13.1. The van der Waals surface area contributed by atoms with Gasteiger partial charge in [-0.15, -0.1) is 0 Å². The van der Waals surface area contributed by atoms with Crippen molar-refractivity contribution >= 4 is 23.6 Å². The number of ether oxygens (including phenoxy) is 1. The third kappa shape index (κ3) is 2.37. The first-order valence-electron chi connectivity index (χ1n) is 5.21. The van der Waals surface area contributed by atoms with Crippen molar-refractivity contribution in [3.63, 3.8) is 0 Å². The van der Waals surface area contributed by atoms with Crippen LogP contribution in [0.5, 0.6) is 0 Å². The van der Waals surface area contributed by atoms with Crippen molar-refractivity contribution in [3.8, 4) is 0 Å². The molecule has 1 aliphatic heterocycles. The molecule has 8 heteroatoms. The van der Waals surface area contributed by atoms with Gasteiger partial charge in [0.1, 0.15) is 12.1 Å². The molecule has 0 unspecified atom stereocenters. The monoisotopic (exact) mass is 269 g/mol. The van der Waals surface area contributed by atoms with Gasteiger partial charge in [-0.3, -0.25) is 19.0 Å². The van der Waals surface area contributed by atoms with Crippen LogP contribution in [0, 0.1) is 0 Å². The minimum atomic E-state index is -0.620. The first-order chi connectivity index (χ1) is 8.63. The van der Waals surface area contributed by atoms with Gasteiger partial charge in [-0.25, -0.2) is 4.98 Å². The van der Waals surface area contributed by atoms with Crippen LogP contribution in [-0.2, 0) is 16.1 Å². The summed E-state index contributed by atoms with van der Waals surface area (Å²) in [6.45, 7) is 0.273. The summed E-state index contributed by atoms with van der Waals surface area (Å²) < 4.78 is 5.84. The van der Waals surface area contributed by atoms with Gasteiger partial charge >= 0.3 is 5.97 Å². The van der Waals surface area contributed by atoms with Crippen molar-refractivity contribution in [1.82, 2.24) is 14.9 Å². The number of aromatic nitrogens is 2. The predicted octanol–water partition coefficient (Wildman–Crippen LogP) is -0.748. The molecule has 0 spiro atoms. The van der Waals surface area contributed by atoms with Gasteiger partial charge in [0, 0.05) is 18.5 Å². The second kappa shape index (κ2) is 5.21. The quantitative estimate of drug-likeness (QED) is 0.573. The Hall–Kier alpha value is -1.83. The number of esters is 1.